The molecule has 0 spiro atoms. The predicted molar refractivity (Wildman–Crippen MR) is 106 cm³/mol. The van der Waals surface area contributed by atoms with Crippen LogP contribution in [0.3, 0.4) is 0 Å². The Morgan fingerprint density at radius 2 is 1.93 bits per heavy atom. The van der Waals surface area contributed by atoms with Crippen molar-refractivity contribution >= 4 is 46.7 Å². The number of ether oxygens (including phenoxy) is 1. The predicted octanol–water partition coefficient (Wildman–Crippen LogP) is 4.23. The molecule has 0 unspecified atom stereocenters. The first-order valence-corrected chi connectivity index (χ1v) is 10.0. The number of Topliss-reactive ketones (excluding diaryl/α,β-unsaturated/α-hetero) is 1. The Morgan fingerprint density at radius 1 is 1.19 bits per heavy atom. The largest absolute Gasteiger partial charge is 0.454 e. The number of anilines is 1. The van der Waals surface area contributed by atoms with Gasteiger partial charge in [0.1, 0.15) is 0 Å². The Bertz CT molecular complexity index is 882. The van der Waals surface area contributed by atoms with Crippen LogP contribution in [0.5, 0.6) is 0 Å². The molecule has 0 N–H and O–H groups in total. The molecular weight excluding hydrogens is 386 g/mol. The zero-order valence-corrected chi connectivity index (χ0v) is 16.3. The maximum absolute atomic E-state index is 12.3. The molecule has 5 nitrogen and oxygen atoms in total. The van der Waals surface area contributed by atoms with Crippen LogP contribution in [0.15, 0.2) is 47.4 Å². The van der Waals surface area contributed by atoms with Gasteiger partial charge >= 0.3 is 5.97 Å². The highest BCUT2D eigenvalue weighted by atomic mass is 35.5. The lowest BCUT2D eigenvalue weighted by Crippen LogP contribution is -2.23. The number of ketones is 1. The Balaban J connectivity index is 1.62. The van der Waals surface area contributed by atoms with Crippen molar-refractivity contribution in [3.8, 4) is 0 Å². The average molecular weight is 404 g/mol. The molecule has 3 rings (SSSR count). The van der Waals surface area contributed by atoms with E-state index in [1.807, 2.05) is 12.3 Å². The first-order valence-electron chi connectivity index (χ1n) is 8.44. The van der Waals surface area contributed by atoms with Crippen molar-refractivity contribution in [2.75, 3.05) is 24.3 Å². The van der Waals surface area contributed by atoms with Crippen molar-refractivity contribution in [2.24, 2.45) is 0 Å². The molecule has 0 aliphatic carbocycles. The first-order chi connectivity index (χ1) is 13.0. The number of hydrogen-bond donors (Lipinski definition) is 0. The van der Waals surface area contributed by atoms with E-state index in [0.29, 0.717) is 18.5 Å². The molecule has 1 aliphatic rings. The molecule has 1 heterocycles. The van der Waals surface area contributed by atoms with Crippen molar-refractivity contribution in [3.05, 3.63) is 58.6 Å². The Kier molecular flexibility index (Phi) is 6.19. The summed E-state index contributed by atoms with van der Waals surface area (Å²) in [7, 11) is 0. The van der Waals surface area contributed by atoms with Crippen molar-refractivity contribution < 1.29 is 19.1 Å². The van der Waals surface area contributed by atoms with Gasteiger partial charge in [0.2, 0.25) is 5.91 Å². The van der Waals surface area contributed by atoms with Crippen LogP contribution in [0.25, 0.3) is 0 Å². The lowest BCUT2D eigenvalue weighted by atomic mass is 10.1. The molecule has 2 aromatic rings. The lowest BCUT2D eigenvalue weighted by molar-refractivity contribution is -0.117. The zero-order valence-electron chi connectivity index (χ0n) is 14.7. The van der Waals surface area contributed by atoms with Gasteiger partial charge in [0.05, 0.1) is 10.6 Å². The summed E-state index contributed by atoms with van der Waals surface area (Å²) >= 11 is 7.53. The highest BCUT2D eigenvalue weighted by Gasteiger charge is 2.22. The molecule has 140 valence electrons. The number of hydrogen-bond acceptors (Lipinski definition) is 5. The second-order valence-electron chi connectivity index (χ2n) is 6.04. The summed E-state index contributed by atoms with van der Waals surface area (Å²) in [5, 5.41) is 0.282. The second-order valence-corrected chi connectivity index (χ2v) is 7.33. The minimum absolute atomic E-state index is 0.0901. The summed E-state index contributed by atoms with van der Waals surface area (Å²) in [6.45, 7) is 0.320. The minimum atomic E-state index is -0.636. The van der Waals surface area contributed by atoms with Gasteiger partial charge in [-0.15, -0.1) is 11.8 Å². The minimum Gasteiger partial charge on any atom is -0.454 e. The second kappa shape index (κ2) is 8.59. The van der Waals surface area contributed by atoms with E-state index >= 15 is 0 Å². The van der Waals surface area contributed by atoms with Gasteiger partial charge in [-0.05, 0) is 55.1 Å². The normalized spacial score (nSPS) is 13.7. The number of halogens is 1. The maximum atomic E-state index is 12.3. The number of nitrogens with zero attached hydrogens (tertiary/aromatic N) is 1. The van der Waals surface area contributed by atoms with E-state index in [-0.39, 0.29) is 28.9 Å². The molecule has 0 radical (unpaired) electrons. The van der Waals surface area contributed by atoms with Crippen molar-refractivity contribution in [1.82, 2.24) is 0 Å². The Morgan fingerprint density at radius 3 is 2.56 bits per heavy atom. The SMILES string of the molecule is CSc1ccc(Cl)c(C(=O)OCC(=O)c2ccc(N3CCCC3=O)cc2)c1. The van der Waals surface area contributed by atoms with Crippen LogP contribution in [0, 0.1) is 0 Å². The molecule has 27 heavy (non-hydrogen) atoms. The molecule has 7 heteroatoms. The van der Waals surface area contributed by atoms with Gasteiger partial charge in [0, 0.05) is 29.1 Å². The number of carbonyl (C=O) groups excluding carboxylic acids is 3. The van der Waals surface area contributed by atoms with E-state index in [0.717, 1.165) is 17.0 Å². The molecule has 0 aromatic heterocycles. The van der Waals surface area contributed by atoms with E-state index in [2.05, 4.69) is 0 Å². The summed E-state index contributed by atoms with van der Waals surface area (Å²) in [6, 6.07) is 11.8. The van der Waals surface area contributed by atoms with Gasteiger partial charge in [0.15, 0.2) is 12.4 Å². The van der Waals surface area contributed by atoms with Crippen LogP contribution >= 0.6 is 23.4 Å². The van der Waals surface area contributed by atoms with Gasteiger partial charge in [-0.3, -0.25) is 9.59 Å². The van der Waals surface area contributed by atoms with Crippen LogP contribution in [-0.2, 0) is 9.53 Å². The third-order valence-corrected chi connectivity index (χ3v) is 5.36. The van der Waals surface area contributed by atoms with Crippen LogP contribution < -0.4 is 4.90 Å². The van der Waals surface area contributed by atoms with Gasteiger partial charge in [-0.2, -0.15) is 0 Å². The van der Waals surface area contributed by atoms with Gasteiger partial charge in [-0.25, -0.2) is 4.79 Å². The summed E-state index contributed by atoms with van der Waals surface area (Å²) in [6.07, 6.45) is 3.29. The molecule has 0 saturated carbocycles. The van der Waals surface area contributed by atoms with Crippen LogP contribution in [0.4, 0.5) is 5.69 Å². The molecule has 2 aromatic carbocycles. The summed E-state index contributed by atoms with van der Waals surface area (Å²) < 4.78 is 5.12. The fourth-order valence-corrected chi connectivity index (χ4v) is 3.46. The summed E-state index contributed by atoms with van der Waals surface area (Å²) in [5.74, 6) is -0.865. The number of carbonyl (C=O) groups is 3. The monoisotopic (exact) mass is 403 g/mol. The van der Waals surface area contributed by atoms with Gasteiger partial charge in [0.25, 0.3) is 0 Å². The highest BCUT2D eigenvalue weighted by Crippen LogP contribution is 2.24. The fourth-order valence-electron chi connectivity index (χ4n) is 2.83. The lowest BCUT2D eigenvalue weighted by Gasteiger charge is -2.15. The quantitative estimate of drug-likeness (QED) is 0.410. The Labute approximate surface area is 166 Å². The fraction of sp³-hybridized carbons (Fsp3) is 0.250. The van der Waals surface area contributed by atoms with E-state index < -0.39 is 5.97 Å². The third kappa shape index (κ3) is 4.51. The summed E-state index contributed by atoms with van der Waals surface area (Å²) in [5.41, 5.74) is 1.42. The third-order valence-electron chi connectivity index (χ3n) is 4.30. The van der Waals surface area contributed by atoms with E-state index in [1.165, 1.54) is 11.8 Å². The van der Waals surface area contributed by atoms with E-state index in [1.54, 1.807) is 41.3 Å². The number of rotatable bonds is 6. The Hall–Kier alpha value is -2.31. The van der Waals surface area contributed by atoms with Crippen LogP contribution in [-0.4, -0.2) is 37.1 Å². The molecule has 0 atom stereocenters. The van der Waals surface area contributed by atoms with E-state index in [9.17, 15) is 14.4 Å². The molecule has 0 bridgehead atoms. The van der Waals surface area contributed by atoms with Crippen LogP contribution in [0.2, 0.25) is 5.02 Å². The maximum Gasteiger partial charge on any atom is 0.340 e. The topological polar surface area (TPSA) is 63.7 Å². The molecular formula is C20H18ClNO4S. The smallest absolute Gasteiger partial charge is 0.340 e. The molecule has 1 amide bonds. The van der Waals surface area contributed by atoms with Crippen molar-refractivity contribution in [1.29, 1.82) is 0 Å². The average Bonchev–Trinajstić information content (AvgIpc) is 3.12. The number of thioether (sulfide) groups is 1. The van der Waals surface area contributed by atoms with Crippen molar-refractivity contribution in [3.63, 3.8) is 0 Å². The molecule has 1 fully saturated rings. The van der Waals surface area contributed by atoms with Gasteiger partial charge < -0.3 is 9.64 Å². The highest BCUT2D eigenvalue weighted by molar-refractivity contribution is 7.98. The first kappa shape index (κ1) is 19.5. The number of amides is 1. The standard InChI is InChI=1S/C20H18ClNO4S/c1-27-15-8-9-17(21)16(11-15)20(25)26-12-18(23)13-4-6-14(7-5-13)22-10-2-3-19(22)24/h4-9,11H,2-3,10,12H2,1H3. The number of esters is 1. The molecule has 1 saturated heterocycles. The molecule has 1 aliphatic heterocycles. The van der Waals surface area contributed by atoms with Gasteiger partial charge in [-0.1, -0.05) is 11.6 Å². The zero-order chi connectivity index (χ0) is 19.4. The van der Waals surface area contributed by atoms with Crippen molar-refractivity contribution in [2.45, 2.75) is 17.7 Å². The number of benzene rings is 2. The summed E-state index contributed by atoms with van der Waals surface area (Å²) in [4.78, 5) is 38.9. The van der Waals surface area contributed by atoms with E-state index in [4.69, 9.17) is 16.3 Å². The van der Waals surface area contributed by atoms with Crippen LogP contribution in [0.1, 0.15) is 33.6 Å².